The lowest BCUT2D eigenvalue weighted by Gasteiger charge is -2.40. The molecule has 0 aliphatic carbocycles. The largest absolute Gasteiger partial charge is 0.472 e. The molecule has 2 aliphatic heterocycles. The second kappa shape index (κ2) is 6.20. The third kappa shape index (κ3) is 3.30. The number of furan rings is 1. The van der Waals surface area contributed by atoms with Crippen LogP contribution >= 0.6 is 0 Å². The zero-order valence-electron chi connectivity index (χ0n) is 12.7. The molecule has 1 amide bonds. The van der Waals surface area contributed by atoms with Crippen molar-refractivity contribution in [1.29, 1.82) is 0 Å². The van der Waals surface area contributed by atoms with E-state index in [2.05, 4.69) is 10.2 Å². The average Bonchev–Trinajstić information content (AvgIpc) is 3.08. The Morgan fingerprint density at radius 1 is 1.52 bits per heavy atom. The van der Waals surface area contributed by atoms with E-state index < -0.39 is 0 Å². The second-order valence-corrected chi connectivity index (χ2v) is 6.42. The number of nitrogens with one attached hydrogen (secondary N) is 1. The van der Waals surface area contributed by atoms with E-state index in [0.717, 1.165) is 38.1 Å². The fraction of sp³-hybridized carbons (Fsp3) is 0.688. The lowest BCUT2D eigenvalue weighted by atomic mass is 9.89. The first-order valence-electron chi connectivity index (χ1n) is 7.80. The molecule has 116 valence electrons. The topological polar surface area (TPSA) is 54.7 Å². The lowest BCUT2D eigenvalue weighted by Crippen LogP contribution is -2.53. The first-order valence-corrected chi connectivity index (χ1v) is 7.80. The van der Waals surface area contributed by atoms with Crippen LogP contribution in [0, 0.1) is 5.92 Å². The molecule has 21 heavy (non-hydrogen) atoms. The van der Waals surface area contributed by atoms with Gasteiger partial charge in [-0.2, -0.15) is 0 Å². The van der Waals surface area contributed by atoms with Crippen LogP contribution in [-0.2, 0) is 16.1 Å². The zero-order valence-corrected chi connectivity index (χ0v) is 12.7. The zero-order chi connectivity index (χ0) is 14.8. The molecule has 3 heterocycles. The number of amides is 1. The summed E-state index contributed by atoms with van der Waals surface area (Å²) >= 11 is 0. The number of ether oxygens (including phenoxy) is 1. The quantitative estimate of drug-likeness (QED) is 0.919. The third-order valence-corrected chi connectivity index (χ3v) is 4.38. The van der Waals surface area contributed by atoms with Gasteiger partial charge in [-0.15, -0.1) is 0 Å². The monoisotopic (exact) mass is 292 g/mol. The van der Waals surface area contributed by atoms with Crippen molar-refractivity contribution in [2.45, 2.75) is 51.4 Å². The van der Waals surface area contributed by atoms with Crippen molar-refractivity contribution in [3.8, 4) is 0 Å². The Kier molecular flexibility index (Phi) is 4.31. The number of carbonyl (C=O) groups is 1. The lowest BCUT2D eigenvalue weighted by molar-refractivity contribution is -0.130. The van der Waals surface area contributed by atoms with Crippen molar-refractivity contribution in [3.05, 3.63) is 24.2 Å². The van der Waals surface area contributed by atoms with Crippen molar-refractivity contribution in [2.24, 2.45) is 5.92 Å². The van der Waals surface area contributed by atoms with Gasteiger partial charge in [-0.05, 0) is 32.8 Å². The highest BCUT2D eigenvalue weighted by Crippen LogP contribution is 2.32. The summed E-state index contributed by atoms with van der Waals surface area (Å²) in [7, 11) is 0. The molecular formula is C16H24N2O3. The maximum Gasteiger partial charge on any atom is 0.224 e. The van der Waals surface area contributed by atoms with Gasteiger partial charge < -0.3 is 14.5 Å². The molecule has 1 aromatic rings. The maximum absolute atomic E-state index is 12.3. The molecule has 0 spiro atoms. The van der Waals surface area contributed by atoms with Crippen LogP contribution in [0.4, 0.5) is 0 Å². The van der Waals surface area contributed by atoms with Crippen LogP contribution in [0.5, 0.6) is 0 Å². The number of nitrogens with zero attached hydrogens (tertiary/aromatic N) is 1. The van der Waals surface area contributed by atoms with E-state index in [1.807, 2.05) is 19.9 Å². The number of rotatable bonds is 4. The summed E-state index contributed by atoms with van der Waals surface area (Å²) in [6.07, 6.45) is 5.56. The summed E-state index contributed by atoms with van der Waals surface area (Å²) in [5.74, 6) is 0.162. The molecule has 3 atom stereocenters. The predicted molar refractivity (Wildman–Crippen MR) is 78.6 cm³/mol. The number of carbonyl (C=O) groups excluding carboxylic acids is 1. The van der Waals surface area contributed by atoms with Crippen LogP contribution in [0.25, 0.3) is 0 Å². The van der Waals surface area contributed by atoms with Gasteiger partial charge in [0.15, 0.2) is 0 Å². The number of hydrogen-bond donors (Lipinski definition) is 1. The highest BCUT2D eigenvalue weighted by Gasteiger charge is 2.42. The first-order chi connectivity index (χ1) is 10.1. The van der Waals surface area contributed by atoms with Crippen LogP contribution in [-0.4, -0.2) is 42.1 Å². The molecule has 1 N–H and O–H groups in total. The van der Waals surface area contributed by atoms with Gasteiger partial charge in [0.2, 0.25) is 5.91 Å². The van der Waals surface area contributed by atoms with Crippen molar-refractivity contribution < 1.29 is 13.9 Å². The molecule has 3 rings (SSSR count). The van der Waals surface area contributed by atoms with Crippen LogP contribution in [0.2, 0.25) is 0 Å². The van der Waals surface area contributed by atoms with Crippen LogP contribution in [0.15, 0.2) is 23.0 Å². The van der Waals surface area contributed by atoms with E-state index in [-0.39, 0.29) is 24.0 Å². The first kappa shape index (κ1) is 14.6. The van der Waals surface area contributed by atoms with Crippen molar-refractivity contribution in [2.75, 3.05) is 13.2 Å². The van der Waals surface area contributed by atoms with Gasteiger partial charge in [0.1, 0.15) is 0 Å². The van der Waals surface area contributed by atoms with E-state index in [9.17, 15) is 4.79 Å². The van der Waals surface area contributed by atoms with Crippen molar-refractivity contribution in [3.63, 3.8) is 0 Å². The summed E-state index contributed by atoms with van der Waals surface area (Å²) < 4.78 is 11.0. The molecule has 0 unspecified atom stereocenters. The van der Waals surface area contributed by atoms with E-state index in [0.29, 0.717) is 6.04 Å². The summed E-state index contributed by atoms with van der Waals surface area (Å²) in [6.45, 7) is 6.42. The molecule has 2 fully saturated rings. The van der Waals surface area contributed by atoms with Crippen LogP contribution in [0.1, 0.15) is 32.3 Å². The summed E-state index contributed by atoms with van der Waals surface area (Å²) in [4.78, 5) is 14.7. The van der Waals surface area contributed by atoms with Crippen LogP contribution < -0.4 is 5.32 Å². The molecule has 0 saturated carbocycles. The fourth-order valence-electron chi connectivity index (χ4n) is 3.44. The van der Waals surface area contributed by atoms with Gasteiger partial charge in [-0.25, -0.2) is 0 Å². The second-order valence-electron chi connectivity index (χ2n) is 6.42. The van der Waals surface area contributed by atoms with E-state index in [1.54, 1.807) is 12.5 Å². The third-order valence-electron chi connectivity index (χ3n) is 4.38. The number of fused-ring (bicyclic) bond motifs is 1. The Morgan fingerprint density at radius 2 is 2.38 bits per heavy atom. The van der Waals surface area contributed by atoms with Gasteiger partial charge in [0.25, 0.3) is 0 Å². The normalized spacial score (nSPS) is 29.6. The number of likely N-dealkylation sites (tertiary alicyclic amines) is 1. The number of hydrogen-bond acceptors (Lipinski definition) is 4. The Morgan fingerprint density at radius 3 is 3.10 bits per heavy atom. The summed E-state index contributed by atoms with van der Waals surface area (Å²) in [5.41, 5.74) is 1.16. The Balaban J connectivity index is 1.70. The smallest absolute Gasteiger partial charge is 0.224 e. The highest BCUT2D eigenvalue weighted by molar-refractivity contribution is 5.79. The molecule has 0 bridgehead atoms. The van der Waals surface area contributed by atoms with Gasteiger partial charge in [-0.3, -0.25) is 9.69 Å². The van der Waals surface area contributed by atoms with E-state index in [1.165, 1.54) is 0 Å². The molecule has 5 heteroatoms. The standard InChI is InChI=1S/C16H24N2O3/c1-11(2)17-16(19)13-7-15-14(4-6-21-15)18(9-13)8-12-3-5-20-10-12/h3,5,10-11,13-15H,4,6-9H2,1-2H3,(H,17,19)/t13-,14-,15-/m0/s1. The van der Waals surface area contributed by atoms with Gasteiger partial charge in [0.05, 0.1) is 24.5 Å². The molecule has 0 aromatic carbocycles. The van der Waals surface area contributed by atoms with E-state index >= 15 is 0 Å². The van der Waals surface area contributed by atoms with Crippen LogP contribution in [0.3, 0.4) is 0 Å². The fourth-order valence-corrected chi connectivity index (χ4v) is 3.44. The molecule has 1 aromatic heterocycles. The molecule has 0 radical (unpaired) electrons. The SMILES string of the molecule is CC(C)NC(=O)[C@H]1C[C@@H]2OCC[C@@H]2N(Cc2ccoc2)C1. The minimum Gasteiger partial charge on any atom is -0.472 e. The van der Waals surface area contributed by atoms with Crippen molar-refractivity contribution >= 4 is 5.91 Å². The molecular weight excluding hydrogens is 268 g/mol. The Bertz CT molecular complexity index is 472. The Labute approximate surface area is 125 Å². The van der Waals surface area contributed by atoms with Crippen molar-refractivity contribution in [1.82, 2.24) is 10.2 Å². The summed E-state index contributed by atoms with van der Waals surface area (Å²) in [6, 6.07) is 2.60. The van der Waals surface area contributed by atoms with Gasteiger partial charge in [0, 0.05) is 37.3 Å². The highest BCUT2D eigenvalue weighted by atomic mass is 16.5. The minimum atomic E-state index is 0.0126. The molecule has 5 nitrogen and oxygen atoms in total. The maximum atomic E-state index is 12.3. The number of piperidine rings is 1. The predicted octanol–water partition coefficient (Wildman–Crippen LogP) is 1.78. The molecule has 2 saturated heterocycles. The summed E-state index contributed by atoms with van der Waals surface area (Å²) in [5, 5.41) is 3.03. The average molecular weight is 292 g/mol. The Hall–Kier alpha value is -1.33. The van der Waals surface area contributed by atoms with Gasteiger partial charge in [-0.1, -0.05) is 0 Å². The molecule has 2 aliphatic rings. The minimum absolute atomic E-state index is 0.0126. The van der Waals surface area contributed by atoms with Gasteiger partial charge >= 0.3 is 0 Å². The van der Waals surface area contributed by atoms with E-state index in [4.69, 9.17) is 9.15 Å².